The monoisotopic (exact) mass is 219 g/mol. The highest BCUT2D eigenvalue weighted by Crippen LogP contribution is 2.34. The number of hydrogen-bond acceptors (Lipinski definition) is 3. The summed E-state index contributed by atoms with van der Waals surface area (Å²) in [7, 11) is 0. The van der Waals surface area contributed by atoms with E-state index in [1.807, 2.05) is 30.3 Å². The molecule has 0 fully saturated rings. The van der Waals surface area contributed by atoms with Crippen LogP contribution in [0.1, 0.15) is 9.67 Å². The molecule has 1 aromatic carbocycles. The number of anilines is 1. The lowest BCUT2D eigenvalue weighted by Gasteiger charge is -1.97. The highest BCUT2D eigenvalue weighted by atomic mass is 32.1. The standard InChI is InChI=1S/C11H9NO2S/c12-8-6-9(11(13)14)15-10(8)7-4-2-1-3-5-7/h1-6H,12H2,(H,13,14). The number of benzene rings is 1. The summed E-state index contributed by atoms with van der Waals surface area (Å²) in [6.45, 7) is 0. The van der Waals surface area contributed by atoms with E-state index in [0.29, 0.717) is 5.69 Å². The van der Waals surface area contributed by atoms with Gasteiger partial charge < -0.3 is 10.8 Å². The van der Waals surface area contributed by atoms with Gasteiger partial charge in [0.15, 0.2) is 0 Å². The van der Waals surface area contributed by atoms with Gasteiger partial charge in [-0.25, -0.2) is 4.79 Å². The summed E-state index contributed by atoms with van der Waals surface area (Å²) in [5.74, 6) is -0.936. The lowest BCUT2D eigenvalue weighted by Crippen LogP contribution is -1.90. The minimum atomic E-state index is -0.936. The molecule has 0 radical (unpaired) electrons. The summed E-state index contributed by atoms with van der Waals surface area (Å²) in [5, 5.41) is 8.82. The lowest BCUT2D eigenvalue weighted by molar-refractivity contribution is 0.0702. The van der Waals surface area contributed by atoms with E-state index in [0.717, 1.165) is 10.4 Å². The van der Waals surface area contributed by atoms with Gasteiger partial charge in [-0.15, -0.1) is 11.3 Å². The van der Waals surface area contributed by atoms with Crippen LogP contribution in [0, 0.1) is 0 Å². The molecule has 15 heavy (non-hydrogen) atoms. The predicted octanol–water partition coefficient (Wildman–Crippen LogP) is 2.70. The molecule has 3 N–H and O–H groups in total. The topological polar surface area (TPSA) is 63.3 Å². The summed E-state index contributed by atoms with van der Waals surface area (Å²) in [4.78, 5) is 11.8. The van der Waals surface area contributed by atoms with Crippen LogP contribution < -0.4 is 5.73 Å². The fourth-order valence-corrected chi connectivity index (χ4v) is 2.25. The van der Waals surface area contributed by atoms with Gasteiger partial charge in [-0.05, 0) is 11.6 Å². The third-order valence-electron chi connectivity index (χ3n) is 2.01. The zero-order valence-electron chi connectivity index (χ0n) is 7.81. The van der Waals surface area contributed by atoms with Crippen molar-refractivity contribution >= 4 is 23.0 Å². The van der Waals surface area contributed by atoms with Crippen LogP contribution in [-0.2, 0) is 0 Å². The molecule has 0 aliphatic carbocycles. The van der Waals surface area contributed by atoms with Crippen molar-refractivity contribution in [3.8, 4) is 10.4 Å². The molecular formula is C11H9NO2S. The summed E-state index contributed by atoms with van der Waals surface area (Å²) >= 11 is 1.20. The van der Waals surface area contributed by atoms with Gasteiger partial charge in [0.1, 0.15) is 4.88 Å². The number of aromatic carboxylic acids is 1. The average molecular weight is 219 g/mol. The third-order valence-corrected chi connectivity index (χ3v) is 3.20. The van der Waals surface area contributed by atoms with E-state index in [9.17, 15) is 4.79 Å². The predicted molar refractivity (Wildman–Crippen MR) is 61.1 cm³/mol. The first-order valence-corrected chi connectivity index (χ1v) is 5.18. The number of carboxylic acid groups (broad SMARTS) is 1. The van der Waals surface area contributed by atoms with E-state index in [1.54, 1.807) is 0 Å². The summed E-state index contributed by atoms with van der Waals surface area (Å²) in [6.07, 6.45) is 0. The van der Waals surface area contributed by atoms with Gasteiger partial charge in [-0.3, -0.25) is 0 Å². The molecule has 76 valence electrons. The Kier molecular flexibility index (Phi) is 2.43. The Balaban J connectivity index is 2.50. The maximum Gasteiger partial charge on any atom is 0.345 e. The number of nitrogen functional groups attached to an aromatic ring is 1. The normalized spacial score (nSPS) is 10.1. The van der Waals surface area contributed by atoms with E-state index in [2.05, 4.69) is 0 Å². The molecule has 0 atom stereocenters. The van der Waals surface area contributed by atoms with Gasteiger partial charge in [-0.1, -0.05) is 30.3 Å². The number of hydrogen-bond donors (Lipinski definition) is 2. The molecule has 0 spiro atoms. The molecule has 2 aromatic rings. The minimum absolute atomic E-state index is 0.270. The van der Waals surface area contributed by atoms with Crippen LogP contribution in [0.4, 0.5) is 5.69 Å². The highest BCUT2D eigenvalue weighted by Gasteiger charge is 2.12. The Hall–Kier alpha value is -1.81. The fraction of sp³-hybridized carbons (Fsp3) is 0. The first-order chi connectivity index (χ1) is 7.18. The van der Waals surface area contributed by atoms with Crippen LogP contribution in [0.25, 0.3) is 10.4 Å². The van der Waals surface area contributed by atoms with Crippen LogP contribution in [0.5, 0.6) is 0 Å². The molecule has 1 heterocycles. The van der Waals surface area contributed by atoms with Gasteiger partial charge in [0.2, 0.25) is 0 Å². The van der Waals surface area contributed by atoms with Crippen molar-refractivity contribution in [2.45, 2.75) is 0 Å². The van der Waals surface area contributed by atoms with Crippen molar-refractivity contribution in [2.24, 2.45) is 0 Å². The Morgan fingerprint density at radius 2 is 1.93 bits per heavy atom. The average Bonchev–Trinajstić information content (AvgIpc) is 2.62. The second-order valence-corrected chi connectivity index (χ2v) is 4.12. The Bertz CT molecular complexity index is 491. The SMILES string of the molecule is Nc1cc(C(=O)O)sc1-c1ccccc1. The molecule has 3 nitrogen and oxygen atoms in total. The molecule has 1 aromatic heterocycles. The zero-order chi connectivity index (χ0) is 10.8. The van der Waals surface area contributed by atoms with Crippen molar-refractivity contribution in [2.75, 3.05) is 5.73 Å². The van der Waals surface area contributed by atoms with Crippen molar-refractivity contribution in [3.63, 3.8) is 0 Å². The Morgan fingerprint density at radius 3 is 2.47 bits per heavy atom. The maximum atomic E-state index is 10.8. The molecule has 0 amide bonds. The van der Waals surface area contributed by atoms with Crippen LogP contribution in [0.15, 0.2) is 36.4 Å². The van der Waals surface area contributed by atoms with E-state index in [4.69, 9.17) is 10.8 Å². The third kappa shape index (κ3) is 1.85. The molecule has 2 rings (SSSR count). The number of nitrogens with two attached hydrogens (primary N) is 1. The first-order valence-electron chi connectivity index (χ1n) is 4.36. The minimum Gasteiger partial charge on any atom is -0.477 e. The molecule has 0 aliphatic rings. The smallest absolute Gasteiger partial charge is 0.345 e. The Labute approximate surface area is 90.8 Å². The molecular weight excluding hydrogens is 210 g/mol. The van der Waals surface area contributed by atoms with Crippen LogP contribution in [0.2, 0.25) is 0 Å². The molecule has 4 heteroatoms. The number of carboxylic acids is 1. The molecule has 0 saturated heterocycles. The zero-order valence-corrected chi connectivity index (χ0v) is 8.62. The molecule has 0 bridgehead atoms. The highest BCUT2D eigenvalue weighted by molar-refractivity contribution is 7.18. The quantitative estimate of drug-likeness (QED) is 0.816. The van der Waals surface area contributed by atoms with E-state index >= 15 is 0 Å². The number of rotatable bonds is 2. The van der Waals surface area contributed by atoms with E-state index in [1.165, 1.54) is 17.4 Å². The fourth-order valence-electron chi connectivity index (χ4n) is 1.33. The van der Waals surface area contributed by atoms with Crippen molar-refractivity contribution < 1.29 is 9.90 Å². The van der Waals surface area contributed by atoms with E-state index in [-0.39, 0.29) is 4.88 Å². The van der Waals surface area contributed by atoms with Gasteiger partial charge in [0, 0.05) is 0 Å². The van der Waals surface area contributed by atoms with Gasteiger partial charge >= 0.3 is 5.97 Å². The maximum absolute atomic E-state index is 10.8. The van der Waals surface area contributed by atoms with Crippen LogP contribution >= 0.6 is 11.3 Å². The van der Waals surface area contributed by atoms with Crippen LogP contribution in [0.3, 0.4) is 0 Å². The number of carbonyl (C=O) groups is 1. The van der Waals surface area contributed by atoms with Crippen molar-refractivity contribution in [1.82, 2.24) is 0 Å². The van der Waals surface area contributed by atoms with Gasteiger partial charge in [0.05, 0.1) is 10.6 Å². The summed E-state index contributed by atoms with van der Waals surface area (Å²) < 4.78 is 0. The van der Waals surface area contributed by atoms with Gasteiger partial charge in [-0.2, -0.15) is 0 Å². The lowest BCUT2D eigenvalue weighted by atomic mass is 10.2. The largest absolute Gasteiger partial charge is 0.477 e. The first kappa shape index (κ1) is 9.73. The number of thiophene rings is 1. The molecule has 0 unspecified atom stereocenters. The summed E-state index contributed by atoms with van der Waals surface area (Å²) in [6, 6.07) is 11.0. The molecule has 0 saturated carbocycles. The second kappa shape index (κ2) is 3.74. The van der Waals surface area contributed by atoms with Crippen molar-refractivity contribution in [1.29, 1.82) is 0 Å². The van der Waals surface area contributed by atoms with E-state index < -0.39 is 5.97 Å². The van der Waals surface area contributed by atoms with Crippen molar-refractivity contribution in [3.05, 3.63) is 41.3 Å². The summed E-state index contributed by atoms with van der Waals surface area (Å²) in [5.41, 5.74) is 7.23. The molecule has 0 aliphatic heterocycles. The Morgan fingerprint density at radius 1 is 1.27 bits per heavy atom. The van der Waals surface area contributed by atoms with Crippen LogP contribution in [-0.4, -0.2) is 11.1 Å². The van der Waals surface area contributed by atoms with Gasteiger partial charge in [0.25, 0.3) is 0 Å². The second-order valence-electron chi connectivity index (χ2n) is 3.07.